The largest absolute Gasteiger partial charge is 3.00 e. The number of hydrogen-bond acceptors (Lipinski definition) is 37. The van der Waals surface area contributed by atoms with Crippen molar-refractivity contribution in [2.24, 2.45) is 0 Å². The Morgan fingerprint density at radius 1 is 0.353 bits per heavy atom. The van der Waals surface area contributed by atoms with E-state index in [0.717, 1.165) is 20.8 Å². The number of hydrogen-bond donors (Lipinski definition) is 1. The van der Waals surface area contributed by atoms with Crippen LogP contribution < -0.4 is 30.6 Å². The summed E-state index contributed by atoms with van der Waals surface area (Å²) in [5.41, 5.74) is 0. The molecule has 0 amide bonds. The second kappa shape index (κ2) is 137. The molecule has 0 aromatic carbocycles. The molecule has 0 aromatic heterocycles. The summed E-state index contributed by atoms with van der Waals surface area (Å²) in [7, 11) is 0. The zero-order chi connectivity index (χ0) is 56.4. The number of carbonyl (C=O) groups excluding carboxylic acids is 3. The van der Waals surface area contributed by atoms with Crippen LogP contribution in [0.15, 0.2) is 0 Å². The first-order chi connectivity index (χ1) is 27.4. The minimum Gasteiger partial charge on any atom is -0.852 e. The first kappa shape index (κ1) is 137. The molecule has 0 bridgehead atoms. The van der Waals surface area contributed by atoms with Crippen LogP contribution in [0.2, 0.25) is 0 Å². The number of carboxylic acids is 3. The van der Waals surface area contributed by atoms with E-state index >= 15 is 0 Å². The molecule has 0 aliphatic carbocycles. The van der Waals surface area contributed by atoms with Crippen LogP contribution in [0, 0.1) is 263 Å². The minimum atomic E-state index is -1.75. The van der Waals surface area contributed by atoms with Gasteiger partial charge in [0, 0.05) is 24.5 Å². The van der Waals surface area contributed by atoms with E-state index in [4.69, 9.17) is 173 Å². The SMILES string of the molecule is CC(=O)[O-].CC(=O)[O-].CC(=O)[O-].CC(C)[O-].CC(C)[O-].CC(C)[O-].CCO.O=[N+]([O-])[O-].O=[N+]([O-])[O-].O=[N+]([O-])[O-].O=[N+]([O-])[O-].O=[N+]([O-])[O-].O=[N+]([O-])[O-].O=[N+]([O-])[O-].O=[N+]([O-])[O-].O=[N+]([O-])[O-].[Al+3].[Ce+3].[Ce+3].[Ce+3].[Rh+3]. The van der Waals surface area contributed by atoms with Gasteiger partial charge in [0.05, 0.1) is 45.8 Å². The molecule has 51 heteroatoms. The number of carboxylic acid groups (broad SMARTS) is 3. The van der Waals surface area contributed by atoms with Gasteiger partial charge in [-0.15, -0.1) is 18.3 Å². The van der Waals surface area contributed by atoms with Crippen LogP contribution in [0.25, 0.3) is 0 Å². The molecule has 395 valence electrons. The maximum absolute atomic E-state index is 9.53. The number of nitrogens with zero attached hydrogens (tertiary/aromatic N) is 9. The van der Waals surface area contributed by atoms with Crippen molar-refractivity contribution < 1.29 is 241 Å². The van der Waals surface area contributed by atoms with Crippen molar-refractivity contribution in [1.29, 1.82) is 0 Å². The summed E-state index contributed by atoms with van der Waals surface area (Å²) in [6.45, 7) is 14.5. The molecule has 0 saturated heterocycles. The minimum absolute atomic E-state index is 0. The molecule has 0 rings (SSSR count). The second-order valence-corrected chi connectivity index (χ2v) is 6.95. The van der Waals surface area contributed by atoms with Crippen molar-refractivity contribution in [3.05, 3.63) is 138 Å². The number of carbonyl (C=O) groups is 3. The Labute approximate surface area is 502 Å². The number of rotatable bonds is 0. The van der Waals surface area contributed by atoms with Crippen molar-refractivity contribution in [2.45, 2.75) is 87.5 Å². The van der Waals surface area contributed by atoms with Crippen molar-refractivity contribution in [3.8, 4) is 0 Å². The third-order valence-electron chi connectivity index (χ3n) is 0. The molecule has 46 nitrogen and oxygen atoms in total. The molecule has 0 aliphatic rings. The maximum atomic E-state index is 9.53. The van der Waals surface area contributed by atoms with Crippen molar-refractivity contribution in [1.82, 2.24) is 0 Å². The summed E-state index contributed by atoms with van der Waals surface area (Å²) >= 11 is 0. The predicted octanol–water partition coefficient (Wildman–Crippen LogP) is -7.00. The van der Waals surface area contributed by atoms with Crippen LogP contribution in [-0.2, 0) is 33.9 Å². The Hall–Kier alpha value is -3.66. The third-order valence-corrected chi connectivity index (χ3v) is 0. The topological polar surface area (TPSA) is 806 Å². The molecular weight excluding hydrogens is 1470 g/mol. The van der Waals surface area contributed by atoms with E-state index in [1.54, 1.807) is 48.5 Å². The Bertz CT molecular complexity index is 778. The van der Waals surface area contributed by atoms with E-state index in [1.807, 2.05) is 0 Å². The predicted molar refractivity (Wildman–Crippen MR) is 189 cm³/mol. The van der Waals surface area contributed by atoms with E-state index in [-0.39, 0.29) is 169 Å². The summed E-state index contributed by atoms with van der Waals surface area (Å²) in [4.78, 5) is 101. The van der Waals surface area contributed by atoms with Gasteiger partial charge in [0.15, 0.2) is 0 Å². The van der Waals surface area contributed by atoms with Gasteiger partial charge in [0.2, 0.25) is 0 Å². The van der Waals surface area contributed by atoms with Crippen LogP contribution >= 0.6 is 0 Å². The molecule has 0 atom stereocenters. The maximum Gasteiger partial charge on any atom is 3.00 e. The van der Waals surface area contributed by atoms with Gasteiger partial charge in [0.25, 0.3) is 0 Å². The van der Waals surface area contributed by atoms with E-state index < -0.39 is 82.0 Å². The van der Waals surface area contributed by atoms with Crippen LogP contribution in [0.3, 0.4) is 0 Å². The summed E-state index contributed by atoms with van der Waals surface area (Å²) in [5, 5.41) is 196. The Balaban J connectivity index is -0.0000000182. The Kier molecular flexibility index (Phi) is 277. The average molecular weight is 1510 g/mol. The van der Waals surface area contributed by atoms with Crippen LogP contribution in [-0.4, -0.2) is 111 Å². The van der Waals surface area contributed by atoms with E-state index in [0.29, 0.717) is 0 Å². The van der Waals surface area contributed by atoms with Gasteiger partial charge in [0.1, 0.15) is 0 Å². The summed E-state index contributed by atoms with van der Waals surface area (Å²) in [6.07, 6.45) is -1.25. The van der Waals surface area contributed by atoms with Gasteiger partial charge < -0.3 is 188 Å². The molecule has 0 saturated carbocycles. The monoisotopic (exact) mass is 1510 g/mol. The summed E-state index contributed by atoms with van der Waals surface area (Å²) in [5.74, 6) is -3.25. The zero-order valence-corrected chi connectivity index (χ0v) is 47.7. The fourth-order valence-corrected chi connectivity index (χ4v) is 0. The van der Waals surface area contributed by atoms with Crippen LogP contribution in [0.1, 0.15) is 69.2 Å². The summed E-state index contributed by atoms with van der Waals surface area (Å²) < 4.78 is 0. The van der Waals surface area contributed by atoms with E-state index in [2.05, 4.69) is 0 Å². The molecule has 0 aliphatic heterocycles. The van der Waals surface area contributed by atoms with Gasteiger partial charge in [-0.3, -0.25) is 0 Å². The molecule has 0 spiro atoms. The van der Waals surface area contributed by atoms with E-state index in [9.17, 15) is 15.3 Å². The van der Waals surface area contributed by atoms with Gasteiger partial charge in [-0.25, -0.2) is 0 Å². The molecule has 0 aromatic rings. The normalized spacial score (nSPS) is 6.13. The molecule has 1 N–H and O–H groups in total. The smallest absolute Gasteiger partial charge is 0.852 e. The molecular formula is C17H36AlCe3N9O37Rh. The first-order valence-corrected chi connectivity index (χ1v) is 12.8. The van der Waals surface area contributed by atoms with Crippen molar-refractivity contribution in [3.63, 3.8) is 0 Å². The van der Waals surface area contributed by atoms with Crippen LogP contribution in [0.5, 0.6) is 0 Å². The molecule has 68 heavy (non-hydrogen) atoms. The fraction of sp³-hybridized carbons (Fsp3) is 0.824. The third kappa shape index (κ3) is 17500. The summed E-state index contributed by atoms with van der Waals surface area (Å²) in [6, 6.07) is 0. The molecule has 0 unspecified atom stereocenters. The molecule has 0 heterocycles. The quantitative estimate of drug-likeness (QED) is 0.134. The van der Waals surface area contributed by atoms with Crippen LogP contribution in [0.4, 0.5) is 0 Å². The average Bonchev–Trinajstić information content (AvgIpc) is 2.84. The van der Waals surface area contributed by atoms with Gasteiger partial charge >= 0.3 is 162 Å². The number of aliphatic hydroxyl groups is 1. The van der Waals surface area contributed by atoms with Crippen molar-refractivity contribution >= 4 is 35.3 Å². The number of aliphatic hydroxyl groups excluding tert-OH is 1. The molecule has 3 radical (unpaired) electrons. The number of aliphatic carboxylic acids is 3. The van der Waals surface area contributed by atoms with Gasteiger partial charge in [-0.05, 0) is 27.7 Å². The van der Waals surface area contributed by atoms with Crippen molar-refractivity contribution in [2.75, 3.05) is 6.61 Å². The van der Waals surface area contributed by atoms with E-state index in [1.165, 1.54) is 0 Å². The van der Waals surface area contributed by atoms with Gasteiger partial charge in [-0.2, -0.15) is 0 Å². The Morgan fingerprint density at radius 2 is 0.353 bits per heavy atom. The fourth-order valence-electron chi connectivity index (χ4n) is 0. The second-order valence-electron chi connectivity index (χ2n) is 6.95. The molecule has 0 fully saturated rings. The standard InChI is InChI=1S/3C3H7O.3C2H4O2.C2H6O.Al.3Ce.9NO3.Rh/c3*1-3(2)4;3*1-2(3)4;1-2-3;;;;;9*2-1(3)4;/h3*3H,1-2H3;3*1H3,(H,3,4);3H,2H2,1H3;;;;;;;;;;;;;;/q3*-1;;;;;4*+3;9*-1;+3/p-3. The zero-order valence-electron chi connectivity index (χ0n) is 35.5. The Morgan fingerprint density at radius 3 is 0.353 bits per heavy atom. The van der Waals surface area contributed by atoms with Gasteiger partial charge in [-0.1, -0.05) is 41.5 Å². The first-order valence-electron chi connectivity index (χ1n) is 12.8.